The highest BCUT2D eigenvalue weighted by atomic mass is 16.5. The summed E-state index contributed by atoms with van der Waals surface area (Å²) < 4.78 is 5.76. The van der Waals surface area contributed by atoms with Crippen LogP contribution in [0.5, 0.6) is 0 Å². The number of amides is 1. The second-order valence-electron chi connectivity index (χ2n) is 4.01. The summed E-state index contributed by atoms with van der Waals surface area (Å²) in [5, 5.41) is 0. The first-order chi connectivity index (χ1) is 6.63. The first-order valence-corrected chi connectivity index (χ1v) is 5.31. The van der Waals surface area contributed by atoms with Crippen LogP contribution < -0.4 is 11.5 Å². The number of hydrogen-bond donors (Lipinski definition) is 2. The Hall–Kier alpha value is -0.610. The van der Waals surface area contributed by atoms with Crippen molar-refractivity contribution < 1.29 is 9.53 Å². The molecule has 1 fully saturated rings. The molecule has 4 N–H and O–H groups in total. The molecule has 1 atom stereocenters. The van der Waals surface area contributed by atoms with Crippen molar-refractivity contribution in [2.24, 2.45) is 11.5 Å². The molecule has 0 aromatic carbocycles. The molecule has 1 aliphatic rings. The summed E-state index contributed by atoms with van der Waals surface area (Å²) >= 11 is 0. The molecule has 82 valence electrons. The van der Waals surface area contributed by atoms with Crippen molar-refractivity contribution in [2.45, 2.75) is 50.7 Å². The van der Waals surface area contributed by atoms with Gasteiger partial charge in [0.15, 0.2) is 0 Å². The molecule has 0 spiro atoms. The number of rotatable bonds is 5. The summed E-state index contributed by atoms with van der Waals surface area (Å²) in [7, 11) is 0. The van der Waals surface area contributed by atoms with E-state index in [1.165, 1.54) is 0 Å². The minimum atomic E-state index is -0.475. The molecule has 1 amide bonds. The first kappa shape index (κ1) is 11.5. The first-order valence-electron chi connectivity index (χ1n) is 5.31. The average Bonchev–Trinajstić information content (AvgIpc) is 2.63. The number of primary amides is 1. The van der Waals surface area contributed by atoms with Crippen LogP contribution in [0.1, 0.15) is 39.0 Å². The largest absolute Gasteiger partial charge is 0.367 e. The molecule has 0 bridgehead atoms. The van der Waals surface area contributed by atoms with E-state index in [1.54, 1.807) is 0 Å². The van der Waals surface area contributed by atoms with E-state index < -0.39 is 6.10 Å². The fraction of sp³-hybridized carbons (Fsp3) is 0.900. The number of nitrogens with two attached hydrogens (primary N) is 2. The minimum Gasteiger partial charge on any atom is -0.367 e. The highest BCUT2D eigenvalue weighted by Gasteiger charge is 2.36. The van der Waals surface area contributed by atoms with Gasteiger partial charge in [0, 0.05) is 6.54 Å². The van der Waals surface area contributed by atoms with E-state index in [4.69, 9.17) is 16.2 Å². The molecule has 0 heterocycles. The fourth-order valence-electron chi connectivity index (χ4n) is 2.03. The molecule has 0 saturated heterocycles. The van der Waals surface area contributed by atoms with Gasteiger partial charge in [-0.2, -0.15) is 0 Å². The standard InChI is InChI=1S/C10H20N2O2/c1-2-8(9(12)13)14-10(7-11)5-3-4-6-10/h8H,2-7,11H2,1H3,(H2,12,13). The normalized spacial score (nSPS) is 22.1. The molecule has 4 heteroatoms. The van der Waals surface area contributed by atoms with Crippen molar-refractivity contribution in [3.8, 4) is 0 Å². The van der Waals surface area contributed by atoms with Crippen LogP contribution in [-0.2, 0) is 9.53 Å². The zero-order valence-corrected chi connectivity index (χ0v) is 8.79. The van der Waals surface area contributed by atoms with Crippen LogP contribution in [0, 0.1) is 0 Å². The van der Waals surface area contributed by atoms with Gasteiger partial charge < -0.3 is 16.2 Å². The van der Waals surface area contributed by atoms with Crippen LogP contribution in [0.3, 0.4) is 0 Å². The third kappa shape index (κ3) is 2.45. The Morgan fingerprint density at radius 1 is 1.50 bits per heavy atom. The molecule has 1 unspecified atom stereocenters. The molecule has 0 aromatic heterocycles. The Kier molecular flexibility index (Phi) is 3.89. The molecule has 0 aromatic rings. The van der Waals surface area contributed by atoms with Gasteiger partial charge in [-0.25, -0.2) is 0 Å². The highest BCUT2D eigenvalue weighted by Crippen LogP contribution is 2.33. The van der Waals surface area contributed by atoms with Gasteiger partial charge >= 0.3 is 0 Å². The molecular formula is C10H20N2O2. The number of ether oxygens (including phenoxy) is 1. The van der Waals surface area contributed by atoms with Gasteiger partial charge in [0.1, 0.15) is 6.10 Å². The Morgan fingerprint density at radius 3 is 2.43 bits per heavy atom. The van der Waals surface area contributed by atoms with Crippen molar-refractivity contribution in [3.63, 3.8) is 0 Å². The van der Waals surface area contributed by atoms with Gasteiger partial charge in [-0.05, 0) is 19.3 Å². The lowest BCUT2D eigenvalue weighted by Crippen LogP contribution is -2.45. The lowest BCUT2D eigenvalue weighted by Gasteiger charge is -2.31. The third-order valence-corrected chi connectivity index (χ3v) is 2.97. The van der Waals surface area contributed by atoms with E-state index in [0.717, 1.165) is 25.7 Å². The lowest BCUT2D eigenvalue weighted by atomic mass is 10.0. The van der Waals surface area contributed by atoms with Crippen LogP contribution in [-0.4, -0.2) is 24.2 Å². The van der Waals surface area contributed by atoms with Gasteiger partial charge in [0.25, 0.3) is 0 Å². The second-order valence-corrected chi connectivity index (χ2v) is 4.01. The molecule has 1 saturated carbocycles. The average molecular weight is 200 g/mol. The lowest BCUT2D eigenvalue weighted by molar-refractivity contribution is -0.143. The van der Waals surface area contributed by atoms with Crippen molar-refractivity contribution in [2.75, 3.05) is 6.54 Å². The van der Waals surface area contributed by atoms with Crippen LogP contribution >= 0.6 is 0 Å². The molecule has 14 heavy (non-hydrogen) atoms. The van der Waals surface area contributed by atoms with Crippen molar-refractivity contribution in [1.29, 1.82) is 0 Å². The number of hydrogen-bond acceptors (Lipinski definition) is 3. The molecule has 1 aliphatic carbocycles. The van der Waals surface area contributed by atoms with Gasteiger partial charge in [0.05, 0.1) is 5.60 Å². The van der Waals surface area contributed by atoms with Crippen LogP contribution in [0.15, 0.2) is 0 Å². The van der Waals surface area contributed by atoms with E-state index in [9.17, 15) is 4.79 Å². The zero-order chi connectivity index (χ0) is 10.6. The van der Waals surface area contributed by atoms with E-state index in [1.807, 2.05) is 6.92 Å². The minimum absolute atomic E-state index is 0.282. The predicted molar refractivity (Wildman–Crippen MR) is 54.6 cm³/mol. The quantitative estimate of drug-likeness (QED) is 0.679. The van der Waals surface area contributed by atoms with Gasteiger partial charge in [-0.3, -0.25) is 4.79 Å². The maximum absolute atomic E-state index is 11.0. The summed E-state index contributed by atoms with van der Waals surface area (Å²) in [5.41, 5.74) is 10.6. The summed E-state index contributed by atoms with van der Waals surface area (Å²) in [6, 6.07) is 0. The molecule has 0 radical (unpaired) electrons. The van der Waals surface area contributed by atoms with E-state index >= 15 is 0 Å². The van der Waals surface area contributed by atoms with Crippen LogP contribution in [0.2, 0.25) is 0 Å². The maximum atomic E-state index is 11.0. The second kappa shape index (κ2) is 4.75. The van der Waals surface area contributed by atoms with Gasteiger partial charge in [-0.1, -0.05) is 19.8 Å². The van der Waals surface area contributed by atoms with Gasteiger partial charge in [-0.15, -0.1) is 0 Å². The molecular weight excluding hydrogens is 180 g/mol. The number of carbonyl (C=O) groups excluding carboxylic acids is 1. The molecule has 1 rings (SSSR count). The number of carbonyl (C=O) groups is 1. The van der Waals surface area contributed by atoms with E-state index in [-0.39, 0.29) is 11.5 Å². The summed E-state index contributed by atoms with van der Waals surface area (Å²) in [4.78, 5) is 11.0. The Balaban J connectivity index is 2.58. The maximum Gasteiger partial charge on any atom is 0.246 e. The predicted octanol–water partition coefficient (Wildman–Crippen LogP) is 0.538. The Morgan fingerprint density at radius 2 is 2.07 bits per heavy atom. The summed E-state index contributed by atoms with van der Waals surface area (Å²) in [5.74, 6) is -0.382. The van der Waals surface area contributed by atoms with Crippen molar-refractivity contribution in [1.82, 2.24) is 0 Å². The Bertz CT molecular complexity index is 200. The Labute approximate surface area is 85.0 Å². The van der Waals surface area contributed by atoms with E-state index in [2.05, 4.69) is 0 Å². The third-order valence-electron chi connectivity index (χ3n) is 2.97. The SMILES string of the molecule is CCC(OC1(CN)CCCC1)C(N)=O. The molecule has 4 nitrogen and oxygen atoms in total. The van der Waals surface area contributed by atoms with Crippen molar-refractivity contribution in [3.05, 3.63) is 0 Å². The highest BCUT2D eigenvalue weighted by molar-refractivity contribution is 5.78. The van der Waals surface area contributed by atoms with Crippen LogP contribution in [0.4, 0.5) is 0 Å². The topological polar surface area (TPSA) is 78.3 Å². The van der Waals surface area contributed by atoms with Crippen molar-refractivity contribution >= 4 is 5.91 Å². The monoisotopic (exact) mass is 200 g/mol. The smallest absolute Gasteiger partial charge is 0.246 e. The van der Waals surface area contributed by atoms with E-state index in [0.29, 0.717) is 13.0 Å². The van der Waals surface area contributed by atoms with Gasteiger partial charge in [0.2, 0.25) is 5.91 Å². The zero-order valence-electron chi connectivity index (χ0n) is 8.79. The fourth-order valence-corrected chi connectivity index (χ4v) is 2.03. The molecule has 0 aliphatic heterocycles. The summed E-state index contributed by atoms with van der Waals surface area (Å²) in [6.07, 6.45) is 4.31. The van der Waals surface area contributed by atoms with Crippen LogP contribution in [0.25, 0.3) is 0 Å². The summed E-state index contributed by atoms with van der Waals surface area (Å²) in [6.45, 7) is 2.38.